The van der Waals surface area contributed by atoms with Gasteiger partial charge < -0.3 is 14.6 Å². The maximum atomic E-state index is 12.7. The first-order valence-corrected chi connectivity index (χ1v) is 10.7. The molecule has 168 valence electrons. The van der Waals surface area contributed by atoms with Crippen LogP contribution in [-0.4, -0.2) is 23.1 Å². The molecule has 33 heavy (non-hydrogen) atoms. The first-order chi connectivity index (χ1) is 15.7. The Labute approximate surface area is 194 Å². The number of carbonyl (C=O) groups is 2. The minimum atomic E-state index is -0.516. The summed E-state index contributed by atoms with van der Waals surface area (Å²) >= 11 is 0. The highest BCUT2D eigenvalue weighted by Gasteiger charge is 2.15. The molecule has 0 unspecified atom stereocenters. The van der Waals surface area contributed by atoms with Gasteiger partial charge in [0.2, 0.25) is 0 Å². The van der Waals surface area contributed by atoms with Gasteiger partial charge in [0.15, 0.2) is 0 Å². The SMILES string of the molecule is CCOC(=O)c1ccc(NC(=O)/C(C#N)=C\c2cc(C)n(-c3ccc(C)c(C)c3)c2C)cc1. The van der Waals surface area contributed by atoms with E-state index in [0.717, 1.165) is 22.6 Å². The van der Waals surface area contributed by atoms with Crippen molar-refractivity contribution in [1.82, 2.24) is 4.57 Å². The highest BCUT2D eigenvalue weighted by atomic mass is 16.5. The number of nitriles is 1. The lowest BCUT2D eigenvalue weighted by molar-refractivity contribution is -0.112. The molecule has 1 N–H and O–H groups in total. The lowest BCUT2D eigenvalue weighted by atomic mass is 10.1. The molecule has 2 aromatic carbocycles. The lowest BCUT2D eigenvalue weighted by Crippen LogP contribution is -2.13. The molecule has 0 bridgehead atoms. The van der Waals surface area contributed by atoms with Crippen molar-refractivity contribution in [3.8, 4) is 11.8 Å². The smallest absolute Gasteiger partial charge is 0.338 e. The molecule has 6 nitrogen and oxygen atoms in total. The van der Waals surface area contributed by atoms with Gasteiger partial charge in [-0.3, -0.25) is 4.79 Å². The summed E-state index contributed by atoms with van der Waals surface area (Å²) in [4.78, 5) is 24.5. The molecule has 0 aliphatic carbocycles. The molecule has 0 aliphatic rings. The third-order valence-electron chi connectivity index (χ3n) is 5.54. The van der Waals surface area contributed by atoms with Crippen molar-refractivity contribution in [3.05, 3.63) is 87.7 Å². The van der Waals surface area contributed by atoms with E-state index in [4.69, 9.17) is 4.74 Å². The van der Waals surface area contributed by atoms with E-state index in [2.05, 4.69) is 41.9 Å². The van der Waals surface area contributed by atoms with Crippen LogP contribution in [0.3, 0.4) is 0 Å². The van der Waals surface area contributed by atoms with Gasteiger partial charge in [-0.05, 0) is 99.8 Å². The van der Waals surface area contributed by atoms with Crippen LogP contribution in [0, 0.1) is 39.0 Å². The summed E-state index contributed by atoms with van der Waals surface area (Å²) in [6.45, 7) is 10.1. The fourth-order valence-corrected chi connectivity index (χ4v) is 3.60. The molecule has 0 saturated carbocycles. The van der Waals surface area contributed by atoms with E-state index in [1.807, 2.05) is 26.0 Å². The minimum Gasteiger partial charge on any atom is -0.462 e. The Bertz CT molecular complexity index is 1280. The zero-order valence-electron chi connectivity index (χ0n) is 19.5. The van der Waals surface area contributed by atoms with Crippen molar-refractivity contribution in [2.75, 3.05) is 11.9 Å². The average Bonchev–Trinajstić information content (AvgIpc) is 3.07. The Kier molecular flexibility index (Phi) is 7.14. The van der Waals surface area contributed by atoms with E-state index in [-0.39, 0.29) is 12.2 Å². The fourth-order valence-electron chi connectivity index (χ4n) is 3.60. The van der Waals surface area contributed by atoms with E-state index < -0.39 is 11.9 Å². The monoisotopic (exact) mass is 441 g/mol. The molecule has 1 aromatic heterocycles. The molecule has 3 aromatic rings. The van der Waals surface area contributed by atoms with Crippen LogP contribution in [0.4, 0.5) is 5.69 Å². The van der Waals surface area contributed by atoms with Crippen molar-refractivity contribution >= 4 is 23.6 Å². The molecule has 3 rings (SSSR count). The van der Waals surface area contributed by atoms with Gasteiger partial charge >= 0.3 is 5.97 Å². The standard InChI is InChI=1S/C27H27N3O3/c1-6-33-27(32)21-8-10-24(11-9-21)29-26(31)23(16-28)15-22-14-19(4)30(20(22)5)25-12-7-17(2)18(3)13-25/h7-15H,6H2,1-5H3,(H,29,31)/b23-15-. The maximum absolute atomic E-state index is 12.7. The second-order valence-corrected chi connectivity index (χ2v) is 7.85. The molecule has 0 saturated heterocycles. The average molecular weight is 442 g/mol. The van der Waals surface area contributed by atoms with E-state index in [1.165, 1.54) is 11.1 Å². The van der Waals surface area contributed by atoms with Gasteiger partial charge in [-0.2, -0.15) is 5.26 Å². The Morgan fingerprint density at radius 1 is 1.03 bits per heavy atom. The van der Waals surface area contributed by atoms with Crippen LogP contribution < -0.4 is 5.32 Å². The van der Waals surface area contributed by atoms with Crippen LogP contribution in [0.5, 0.6) is 0 Å². The molecular formula is C27H27N3O3. The van der Waals surface area contributed by atoms with Crippen molar-refractivity contribution in [1.29, 1.82) is 5.26 Å². The minimum absolute atomic E-state index is 0.00944. The number of hydrogen-bond donors (Lipinski definition) is 1. The third-order valence-corrected chi connectivity index (χ3v) is 5.54. The summed E-state index contributed by atoms with van der Waals surface area (Å²) in [6, 6.07) is 16.6. The molecule has 1 heterocycles. The van der Waals surface area contributed by atoms with Crippen molar-refractivity contribution in [2.45, 2.75) is 34.6 Å². The summed E-state index contributed by atoms with van der Waals surface area (Å²) in [6.07, 6.45) is 1.60. The Morgan fingerprint density at radius 2 is 1.73 bits per heavy atom. The number of hydrogen-bond acceptors (Lipinski definition) is 4. The van der Waals surface area contributed by atoms with Crippen LogP contribution in [0.15, 0.2) is 54.1 Å². The van der Waals surface area contributed by atoms with Gasteiger partial charge in [-0.1, -0.05) is 6.07 Å². The number of aromatic nitrogens is 1. The molecule has 6 heteroatoms. The van der Waals surface area contributed by atoms with Gasteiger partial charge in [0.1, 0.15) is 11.6 Å². The number of amides is 1. The fraction of sp³-hybridized carbons (Fsp3) is 0.222. The first-order valence-electron chi connectivity index (χ1n) is 10.7. The van der Waals surface area contributed by atoms with Gasteiger partial charge in [-0.15, -0.1) is 0 Å². The Hall–Kier alpha value is -4.11. The number of nitrogens with zero attached hydrogens (tertiary/aromatic N) is 2. The van der Waals surface area contributed by atoms with E-state index in [1.54, 1.807) is 37.3 Å². The summed E-state index contributed by atoms with van der Waals surface area (Å²) in [7, 11) is 0. The van der Waals surface area contributed by atoms with E-state index in [0.29, 0.717) is 11.3 Å². The van der Waals surface area contributed by atoms with Crippen LogP contribution in [0.25, 0.3) is 11.8 Å². The number of esters is 1. The van der Waals surface area contributed by atoms with Gasteiger partial charge in [-0.25, -0.2) is 4.79 Å². The number of rotatable bonds is 6. The second kappa shape index (κ2) is 10.0. The second-order valence-electron chi connectivity index (χ2n) is 7.85. The predicted molar refractivity (Wildman–Crippen MR) is 129 cm³/mol. The van der Waals surface area contributed by atoms with Crippen LogP contribution >= 0.6 is 0 Å². The van der Waals surface area contributed by atoms with E-state index >= 15 is 0 Å². The number of nitrogens with one attached hydrogen (secondary N) is 1. The molecule has 1 amide bonds. The number of benzene rings is 2. The summed E-state index contributed by atoms with van der Waals surface area (Å²) in [5.74, 6) is -0.940. The zero-order chi connectivity index (χ0) is 24.1. The van der Waals surface area contributed by atoms with Gasteiger partial charge in [0.25, 0.3) is 5.91 Å². The van der Waals surface area contributed by atoms with Crippen LogP contribution in [0.1, 0.15) is 45.4 Å². The summed E-state index contributed by atoms with van der Waals surface area (Å²) in [5.41, 5.74) is 7.07. The number of anilines is 1. The van der Waals surface area contributed by atoms with Gasteiger partial charge in [0.05, 0.1) is 12.2 Å². The molecule has 0 spiro atoms. The summed E-state index contributed by atoms with van der Waals surface area (Å²) in [5, 5.41) is 12.3. The molecule has 0 atom stereocenters. The van der Waals surface area contributed by atoms with Crippen LogP contribution in [-0.2, 0) is 9.53 Å². The normalized spacial score (nSPS) is 11.1. The van der Waals surface area contributed by atoms with Crippen molar-refractivity contribution < 1.29 is 14.3 Å². The Balaban J connectivity index is 1.84. The first kappa shape index (κ1) is 23.6. The zero-order valence-corrected chi connectivity index (χ0v) is 19.5. The third kappa shape index (κ3) is 5.21. The largest absolute Gasteiger partial charge is 0.462 e. The van der Waals surface area contributed by atoms with Crippen molar-refractivity contribution in [3.63, 3.8) is 0 Å². The number of aryl methyl sites for hydroxylation is 3. The molecule has 0 fully saturated rings. The van der Waals surface area contributed by atoms with Gasteiger partial charge in [0, 0.05) is 22.8 Å². The Morgan fingerprint density at radius 3 is 2.33 bits per heavy atom. The molecule has 0 radical (unpaired) electrons. The lowest BCUT2D eigenvalue weighted by Gasteiger charge is -2.12. The summed E-state index contributed by atoms with van der Waals surface area (Å²) < 4.78 is 7.07. The highest BCUT2D eigenvalue weighted by molar-refractivity contribution is 6.09. The predicted octanol–water partition coefficient (Wildman–Crippen LogP) is 5.43. The molecule has 0 aliphatic heterocycles. The van der Waals surface area contributed by atoms with Crippen molar-refractivity contribution in [2.24, 2.45) is 0 Å². The maximum Gasteiger partial charge on any atom is 0.338 e. The van der Waals surface area contributed by atoms with E-state index in [9.17, 15) is 14.9 Å². The van der Waals surface area contributed by atoms with Crippen LogP contribution in [0.2, 0.25) is 0 Å². The number of ether oxygens (including phenoxy) is 1. The highest BCUT2D eigenvalue weighted by Crippen LogP contribution is 2.24. The molecular weight excluding hydrogens is 414 g/mol. The number of carbonyl (C=O) groups excluding carboxylic acids is 2. The quantitative estimate of drug-likeness (QED) is 0.314. The topological polar surface area (TPSA) is 84.1 Å².